The maximum atomic E-state index is 12.1. The van der Waals surface area contributed by atoms with Gasteiger partial charge in [-0.15, -0.1) is 0 Å². The van der Waals surface area contributed by atoms with Crippen molar-refractivity contribution in [2.75, 3.05) is 5.32 Å². The van der Waals surface area contributed by atoms with E-state index >= 15 is 0 Å². The highest BCUT2D eigenvalue weighted by Crippen LogP contribution is 2.20. The summed E-state index contributed by atoms with van der Waals surface area (Å²) in [6.45, 7) is 7.59. The van der Waals surface area contributed by atoms with Gasteiger partial charge in [0, 0.05) is 11.8 Å². The van der Waals surface area contributed by atoms with Crippen molar-refractivity contribution in [1.82, 2.24) is 14.9 Å². The fraction of sp³-hybridized carbons (Fsp3) is 0.462. The van der Waals surface area contributed by atoms with Gasteiger partial charge < -0.3 is 4.52 Å². The molecule has 0 saturated heterocycles. The third-order valence-corrected chi connectivity index (χ3v) is 3.10. The molecule has 0 aliphatic carbocycles. The van der Waals surface area contributed by atoms with Crippen molar-refractivity contribution in [1.29, 1.82) is 0 Å². The van der Waals surface area contributed by atoms with Gasteiger partial charge in [-0.3, -0.25) is 14.8 Å². The Kier molecular flexibility index (Phi) is 3.69. The summed E-state index contributed by atoms with van der Waals surface area (Å²) in [6, 6.07) is -0.400. The van der Waals surface area contributed by atoms with Crippen LogP contribution in [0.2, 0.25) is 0 Å². The number of hydrogen-bond acceptors (Lipinski definition) is 4. The molecule has 0 saturated carbocycles. The third-order valence-electron chi connectivity index (χ3n) is 3.10. The highest BCUT2D eigenvalue weighted by atomic mass is 16.5. The van der Waals surface area contributed by atoms with Crippen molar-refractivity contribution in [3.63, 3.8) is 0 Å². The number of carbonyl (C=O) groups is 1. The van der Waals surface area contributed by atoms with Gasteiger partial charge in [0.2, 0.25) is 5.88 Å². The van der Waals surface area contributed by atoms with Crippen LogP contribution in [0.15, 0.2) is 16.9 Å². The molecule has 2 heterocycles. The standard InChI is InChI=1S/C13H18N4O2/c1-5-11-9(3)13(19-16-11)15-12(18)10(4)17-7-8(2)6-14-17/h6-7,10H,5H2,1-4H3,(H,15,18). The second-order valence-corrected chi connectivity index (χ2v) is 4.60. The zero-order chi connectivity index (χ0) is 14.0. The maximum absolute atomic E-state index is 12.1. The second kappa shape index (κ2) is 5.26. The van der Waals surface area contributed by atoms with Crippen LogP contribution in [0.1, 0.15) is 36.7 Å². The molecule has 0 aromatic carbocycles. The molecule has 0 bridgehead atoms. The number of anilines is 1. The number of rotatable bonds is 4. The van der Waals surface area contributed by atoms with E-state index in [2.05, 4.69) is 15.6 Å². The van der Waals surface area contributed by atoms with Crippen molar-refractivity contribution in [2.45, 2.75) is 40.2 Å². The van der Waals surface area contributed by atoms with E-state index in [0.717, 1.165) is 23.2 Å². The molecular formula is C13H18N4O2. The molecule has 2 aromatic heterocycles. The first-order valence-corrected chi connectivity index (χ1v) is 6.29. The average Bonchev–Trinajstić information content (AvgIpc) is 2.96. The predicted octanol–water partition coefficient (Wildman–Crippen LogP) is 2.25. The first kappa shape index (κ1) is 13.3. The lowest BCUT2D eigenvalue weighted by Gasteiger charge is -2.11. The van der Waals surface area contributed by atoms with Crippen molar-refractivity contribution in [3.8, 4) is 0 Å². The molecule has 2 aromatic rings. The maximum Gasteiger partial charge on any atom is 0.251 e. The molecule has 0 aliphatic rings. The Morgan fingerprint density at radius 2 is 2.26 bits per heavy atom. The number of nitrogens with zero attached hydrogens (tertiary/aromatic N) is 3. The Balaban J connectivity index is 2.10. The van der Waals surface area contributed by atoms with Crippen molar-refractivity contribution < 1.29 is 9.32 Å². The first-order valence-electron chi connectivity index (χ1n) is 6.29. The average molecular weight is 262 g/mol. The zero-order valence-corrected chi connectivity index (χ0v) is 11.6. The minimum Gasteiger partial charge on any atom is -0.338 e. The van der Waals surface area contributed by atoms with Crippen molar-refractivity contribution in [3.05, 3.63) is 29.2 Å². The fourth-order valence-corrected chi connectivity index (χ4v) is 1.80. The summed E-state index contributed by atoms with van der Waals surface area (Å²) < 4.78 is 6.76. The molecule has 2 rings (SSSR count). The van der Waals surface area contributed by atoms with E-state index in [4.69, 9.17) is 4.52 Å². The van der Waals surface area contributed by atoms with Gasteiger partial charge >= 0.3 is 0 Å². The summed E-state index contributed by atoms with van der Waals surface area (Å²) in [5.74, 6) is 0.239. The Labute approximate surface area is 111 Å². The highest BCUT2D eigenvalue weighted by Gasteiger charge is 2.19. The van der Waals surface area contributed by atoms with Gasteiger partial charge in [-0.05, 0) is 32.8 Å². The van der Waals surface area contributed by atoms with Crippen molar-refractivity contribution >= 4 is 11.8 Å². The lowest BCUT2D eigenvalue weighted by Crippen LogP contribution is -2.24. The largest absolute Gasteiger partial charge is 0.338 e. The Bertz CT molecular complexity index is 585. The quantitative estimate of drug-likeness (QED) is 0.917. The van der Waals surface area contributed by atoms with Gasteiger partial charge in [-0.25, -0.2) is 0 Å². The summed E-state index contributed by atoms with van der Waals surface area (Å²) in [5, 5.41) is 10.8. The molecule has 0 radical (unpaired) electrons. The number of nitrogens with one attached hydrogen (secondary N) is 1. The minimum absolute atomic E-state index is 0.176. The molecule has 1 unspecified atom stereocenters. The summed E-state index contributed by atoms with van der Waals surface area (Å²) >= 11 is 0. The molecule has 102 valence electrons. The van der Waals surface area contributed by atoms with Crippen LogP contribution >= 0.6 is 0 Å². The van der Waals surface area contributed by atoms with E-state index in [0.29, 0.717) is 5.88 Å². The number of carbonyl (C=O) groups excluding carboxylic acids is 1. The molecule has 0 spiro atoms. The second-order valence-electron chi connectivity index (χ2n) is 4.60. The summed E-state index contributed by atoms with van der Waals surface area (Å²) in [5.41, 5.74) is 2.75. The van der Waals surface area contributed by atoms with E-state index in [1.807, 2.05) is 27.0 Å². The molecular weight excluding hydrogens is 244 g/mol. The Morgan fingerprint density at radius 3 is 2.79 bits per heavy atom. The topological polar surface area (TPSA) is 73.0 Å². The van der Waals surface area contributed by atoms with E-state index in [-0.39, 0.29) is 5.91 Å². The highest BCUT2D eigenvalue weighted by molar-refractivity contribution is 5.92. The zero-order valence-electron chi connectivity index (χ0n) is 11.6. The van der Waals surface area contributed by atoms with Gasteiger partial charge in [0.15, 0.2) is 0 Å². The molecule has 1 atom stereocenters. The predicted molar refractivity (Wildman–Crippen MR) is 70.9 cm³/mol. The smallest absolute Gasteiger partial charge is 0.251 e. The lowest BCUT2D eigenvalue weighted by atomic mass is 10.2. The Morgan fingerprint density at radius 1 is 1.53 bits per heavy atom. The molecule has 6 nitrogen and oxygen atoms in total. The van der Waals surface area contributed by atoms with Gasteiger partial charge in [0.25, 0.3) is 5.91 Å². The molecule has 0 fully saturated rings. The number of hydrogen-bond donors (Lipinski definition) is 1. The van der Waals surface area contributed by atoms with E-state index in [9.17, 15) is 4.79 Å². The summed E-state index contributed by atoms with van der Waals surface area (Å²) in [4.78, 5) is 12.1. The monoisotopic (exact) mass is 262 g/mol. The molecule has 6 heteroatoms. The Hall–Kier alpha value is -2.11. The normalized spacial score (nSPS) is 12.4. The van der Waals surface area contributed by atoms with E-state index in [1.54, 1.807) is 17.8 Å². The first-order chi connectivity index (χ1) is 9.02. The molecule has 1 N–H and O–H groups in total. The van der Waals surface area contributed by atoms with Crippen LogP contribution in [0, 0.1) is 13.8 Å². The van der Waals surface area contributed by atoms with Gasteiger partial charge in [0.1, 0.15) is 6.04 Å². The minimum atomic E-state index is -0.400. The van der Waals surface area contributed by atoms with Gasteiger partial charge in [0.05, 0.1) is 11.9 Å². The van der Waals surface area contributed by atoms with Crippen LogP contribution in [0.3, 0.4) is 0 Å². The lowest BCUT2D eigenvalue weighted by molar-refractivity contribution is -0.119. The SMILES string of the molecule is CCc1noc(NC(=O)C(C)n2cc(C)cn2)c1C. The van der Waals surface area contributed by atoms with E-state index in [1.165, 1.54) is 0 Å². The number of amides is 1. The molecule has 19 heavy (non-hydrogen) atoms. The van der Waals surface area contributed by atoms with Crippen LogP contribution in [0.25, 0.3) is 0 Å². The van der Waals surface area contributed by atoms with Crippen LogP contribution in [0.5, 0.6) is 0 Å². The van der Waals surface area contributed by atoms with Crippen LogP contribution in [-0.2, 0) is 11.2 Å². The number of aromatic nitrogens is 3. The number of aryl methyl sites for hydroxylation is 2. The van der Waals surface area contributed by atoms with E-state index < -0.39 is 6.04 Å². The van der Waals surface area contributed by atoms with Crippen LogP contribution in [-0.4, -0.2) is 20.8 Å². The molecule has 0 aliphatic heterocycles. The van der Waals surface area contributed by atoms with Crippen LogP contribution in [0.4, 0.5) is 5.88 Å². The summed E-state index contributed by atoms with van der Waals surface area (Å²) in [7, 11) is 0. The van der Waals surface area contributed by atoms with Crippen molar-refractivity contribution in [2.24, 2.45) is 0 Å². The third kappa shape index (κ3) is 2.67. The van der Waals surface area contributed by atoms with Crippen LogP contribution < -0.4 is 5.32 Å². The summed E-state index contributed by atoms with van der Waals surface area (Å²) in [6.07, 6.45) is 4.33. The van der Waals surface area contributed by atoms with Gasteiger partial charge in [-0.1, -0.05) is 12.1 Å². The van der Waals surface area contributed by atoms with Gasteiger partial charge in [-0.2, -0.15) is 5.10 Å². The fourth-order valence-electron chi connectivity index (χ4n) is 1.80. The molecule has 1 amide bonds.